The summed E-state index contributed by atoms with van der Waals surface area (Å²) in [5.41, 5.74) is 0.601. The minimum atomic E-state index is -0.509. The molecule has 0 saturated heterocycles. The van der Waals surface area contributed by atoms with E-state index in [0.717, 1.165) is 10.8 Å². The van der Waals surface area contributed by atoms with Crippen molar-refractivity contribution < 1.29 is 13.9 Å². The molecule has 0 aromatic heterocycles. The van der Waals surface area contributed by atoms with Gasteiger partial charge in [0.25, 0.3) is 0 Å². The van der Waals surface area contributed by atoms with E-state index in [4.69, 9.17) is 16.3 Å². The molecular weight excluding hydrogens is 303 g/mol. The van der Waals surface area contributed by atoms with Gasteiger partial charge in [0.2, 0.25) is 0 Å². The van der Waals surface area contributed by atoms with Gasteiger partial charge in [-0.1, -0.05) is 48.0 Å². The van der Waals surface area contributed by atoms with Crippen molar-refractivity contribution in [3.8, 4) is 0 Å². The third kappa shape index (κ3) is 2.95. The number of benzene rings is 3. The molecule has 0 spiro atoms. The number of carbonyl (C=O) groups is 1. The van der Waals surface area contributed by atoms with Gasteiger partial charge in [0.15, 0.2) is 0 Å². The summed E-state index contributed by atoms with van der Waals surface area (Å²) in [5.74, 6) is -0.996. The first-order valence-corrected chi connectivity index (χ1v) is 7.12. The van der Waals surface area contributed by atoms with Crippen LogP contribution in [0.15, 0.2) is 60.7 Å². The highest BCUT2D eigenvalue weighted by molar-refractivity contribution is 6.31. The maximum absolute atomic E-state index is 13.6. The average Bonchev–Trinajstić information content (AvgIpc) is 2.53. The van der Waals surface area contributed by atoms with Crippen molar-refractivity contribution in [2.24, 2.45) is 0 Å². The highest BCUT2D eigenvalue weighted by atomic mass is 35.5. The summed E-state index contributed by atoms with van der Waals surface area (Å²) >= 11 is 5.91. The van der Waals surface area contributed by atoms with Gasteiger partial charge in [-0.25, -0.2) is 9.18 Å². The first-order valence-electron chi connectivity index (χ1n) is 6.74. The maximum Gasteiger partial charge on any atom is 0.338 e. The van der Waals surface area contributed by atoms with Crippen LogP contribution in [0.5, 0.6) is 0 Å². The number of carbonyl (C=O) groups excluding carboxylic acids is 1. The van der Waals surface area contributed by atoms with Gasteiger partial charge in [0.05, 0.1) is 10.6 Å². The first kappa shape index (κ1) is 14.5. The lowest BCUT2D eigenvalue weighted by Gasteiger charge is -2.08. The molecule has 2 nitrogen and oxygen atoms in total. The van der Waals surface area contributed by atoms with Crippen LogP contribution in [0.25, 0.3) is 10.8 Å². The van der Waals surface area contributed by atoms with E-state index in [1.807, 2.05) is 30.3 Å². The Bertz CT molecular complexity index is 825. The molecule has 0 radical (unpaired) electrons. The fourth-order valence-corrected chi connectivity index (χ4v) is 2.43. The Labute approximate surface area is 132 Å². The third-order valence-corrected chi connectivity index (χ3v) is 3.75. The van der Waals surface area contributed by atoms with Gasteiger partial charge in [-0.15, -0.1) is 0 Å². The van der Waals surface area contributed by atoms with E-state index < -0.39 is 11.8 Å². The van der Waals surface area contributed by atoms with E-state index >= 15 is 0 Å². The second-order valence-corrected chi connectivity index (χ2v) is 5.25. The molecule has 0 N–H and O–H groups in total. The van der Waals surface area contributed by atoms with E-state index in [2.05, 4.69) is 0 Å². The zero-order chi connectivity index (χ0) is 15.5. The Morgan fingerprint density at radius 1 is 1.00 bits per heavy atom. The molecule has 0 bridgehead atoms. The van der Waals surface area contributed by atoms with Crippen LogP contribution in [0.2, 0.25) is 5.02 Å². The van der Waals surface area contributed by atoms with Gasteiger partial charge in [-0.3, -0.25) is 0 Å². The second kappa shape index (κ2) is 6.16. The Morgan fingerprint density at radius 2 is 1.77 bits per heavy atom. The van der Waals surface area contributed by atoms with Crippen molar-refractivity contribution in [1.29, 1.82) is 0 Å². The average molecular weight is 315 g/mol. The smallest absolute Gasteiger partial charge is 0.338 e. The predicted octanol–water partition coefficient (Wildman–Crippen LogP) is 4.99. The minimum absolute atomic E-state index is 0.179. The number of hydrogen-bond donors (Lipinski definition) is 0. The van der Waals surface area contributed by atoms with Crippen LogP contribution in [0.3, 0.4) is 0 Å². The van der Waals surface area contributed by atoms with Crippen LogP contribution in [-0.2, 0) is 11.3 Å². The molecule has 22 heavy (non-hydrogen) atoms. The van der Waals surface area contributed by atoms with E-state index in [1.165, 1.54) is 12.1 Å². The molecular formula is C18H12ClFO2. The van der Waals surface area contributed by atoms with Crippen molar-refractivity contribution in [3.05, 3.63) is 82.6 Å². The van der Waals surface area contributed by atoms with Crippen LogP contribution in [0.1, 0.15) is 15.9 Å². The number of halogens is 2. The molecule has 3 aromatic carbocycles. The molecule has 0 amide bonds. The van der Waals surface area contributed by atoms with Gasteiger partial charge in [0.1, 0.15) is 12.4 Å². The van der Waals surface area contributed by atoms with Gasteiger partial charge in [-0.05, 0) is 35.0 Å². The quantitative estimate of drug-likeness (QED) is 0.637. The van der Waals surface area contributed by atoms with Crippen LogP contribution in [0.4, 0.5) is 4.39 Å². The summed E-state index contributed by atoms with van der Waals surface area (Å²) in [6.07, 6.45) is 0. The number of fused-ring (bicyclic) bond motifs is 1. The number of hydrogen-bond acceptors (Lipinski definition) is 2. The third-order valence-electron chi connectivity index (χ3n) is 3.39. The fourth-order valence-electron chi connectivity index (χ4n) is 2.21. The summed E-state index contributed by atoms with van der Waals surface area (Å²) in [6.45, 7) is -0.197. The standard InChI is InChI=1S/C18H12ClFO2/c19-16-6-3-7-17(20)15(16)11-22-18(21)14-9-8-12-4-1-2-5-13(12)10-14/h1-10H,11H2. The number of ether oxygens (including phenoxy) is 1. The summed E-state index contributed by atoms with van der Waals surface area (Å²) in [6, 6.07) is 17.3. The highest BCUT2D eigenvalue weighted by Crippen LogP contribution is 2.21. The lowest BCUT2D eigenvalue weighted by Crippen LogP contribution is -2.06. The monoisotopic (exact) mass is 314 g/mol. The van der Waals surface area contributed by atoms with Crippen molar-refractivity contribution >= 4 is 28.3 Å². The lowest BCUT2D eigenvalue weighted by atomic mass is 10.1. The molecule has 0 saturated carbocycles. The molecule has 3 rings (SSSR count). The SMILES string of the molecule is O=C(OCc1c(F)cccc1Cl)c1ccc2ccccc2c1. The van der Waals surface area contributed by atoms with Crippen molar-refractivity contribution in [2.45, 2.75) is 6.61 Å². The summed E-state index contributed by atoms with van der Waals surface area (Å²) in [7, 11) is 0. The topological polar surface area (TPSA) is 26.3 Å². The van der Waals surface area contributed by atoms with Crippen LogP contribution < -0.4 is 0 Å². The molecule has 0 unspecified atom stereocenters. The van der Waals surface area contributed by atoms with E-state index in [-0.39, 0.29) is 17.2 Å². The largest absolute Gasteiger partial charge is 0.457 e. The summed E-state index contributed by atoms with van der Waals surface area (Å²) in [4.78, 5) is 12.1. The van der Waals surface area contributed by atoms with Crippen molar-refractivity contribution in [3.63, 3.8) is 0 Å². The Kier molecular flexibility index (Phi) is 4.07. The number of rotatable bonds is 3. The lowest BCUT2D eigenvalue weighted by molar-refractivity contribution is 0.0469. The predicted molar refractivity (Wildman–Crippen MR) is 84.5 cm³/mol. The van der Waals surface area contributed by atoms with Crippen LogP contribution in [-0.4, -0.2) is 5.97 Å². The van der Waals surface area contributed by atoms with Crippen LogP contribution >= 0.6 is 11.6 Å². The fraction of sp³-hybridized carbons (Fsp3) is 0.0556. The van der Waals surface area contributed by atoms with Crippen molar-refractivity contribution in [2.75, 3.05) is 0 Å². The molecule has 110 valence electrons. The Hall–Kier alpha value is -2.39. The first-order chi connectivity index (χ1) is 10.6. The van der Waals surface area contributed by atoms with E-state index in [0.29, 0.717) is 5.56 Å². The summed E-state index contributed by atoms with van der Waals surface area (Å²) < 4.78 is 18.8. The highest BCUT2D eigenvalue weighted by Gasteiger charge is 2.12. The Morgan fingerprint density at radius 3 is 2.55 bits per heavy atom. The van der Waals surface area contributed by atoms with E-state index in [9.17, 15) is 9.18 Å². The second-order valence-electron chi connectivity index (χ2n) is 4.84. The van der Waals surface area contributed by atoms with Gasteiger partial charge in [-0.2, -0.15) is 0 Å². The molecule has 0 aliphatic carbocycles. The molecule has 0 aliphatic rings. The normalized spacial score (nSPS) is 10.6. The minimum Gasteiger partial charge on any atom is -0.457 e. The molecule has 3 aromatic rings. The Balaban J connectivity index is 1.79. The molecule has 4 heteroatoms. The van der Waals surface area contributed by atoms with Crippen LogP contribution in [0, 0.1) is 5.82 Å². The van der Waals surface area contributed by atoms with Gasteiger partial charge >= 0.3 is 5.97 Å². The van der Waals surface area contributed by atoms with E-state index in [1.54, 1.807) is 18.2 Å². The number of esters is 1. The van der Waals surface area contributed by atoms with Gasteiger partial charge < -0.3 is 4.74 Å². The molecule has 0 fully saturated rings. The zero-order valence-electron chi connectivity index (χ0n) is 11.6. The summed E-state index contributed by atoms with van der Waals surface area (Å²) in [5, 5.41) is 2.23. The van der Waals surface area contributed by atoms with Gasteiger partial charge in [0, 0.05) is 5.56 Å². The maximum atomic E-state index is 13.6. The molecule has 0 heterocycles. The zero-order valence-corrected chi connectivity index (χ0v) is 12.3. The molecule has 0 aliphatic heterocycles. The van der Waals surface area contributed by atoms with Crippen molar-refractivity contribution in [1.82, 2.24) is 0 Å². The molecule has 0 atom stereocenters.